The van der Waals surface area contributed by atoms with Gasteiger partial charge < -0.3 is 4.90 Å². The Morgan fingerprint density at radius 3 is 2.74 bits per heavy atom. The number of aryl methyl sites for hydroxylation is 1. The van der Waals surface area contributed by atoms with Crippen molar-refractivity contribution in [1.29, 1.82) is 0 Å². The highest BCUT2D eigenvalue weighted by Gasteiger charge is 2.16. The van der Waals surface area contributed by atoms with Crippen molar-refractivity contribution in [2.75, 3.05) is 7.05 Å². The van der Waals surface area contributed by atoms with Crippen LogP contribution in [0.1, 0.15) is 16.2 Å². The molecule has 1 amide bonds. The van der Waals surface area contributed by atoms with E-state index in [1.165, 1.54) is 0 Å². The zero-order valence-electron chi connectivity index (χ0n) is 12.8. The van der Waals surface area contributed by atoms with E-state index in [1.54, 1.807) is 44.5 Å². The summed E-state index contributed by atoms with van der Waals surface area (Å²) in [5.41, 5.74) is 1.24. The molecule has 0 saturated carbocycles. The second-order valence-electron chi connectivity index (χ2n) is 5.22. The van der Waals surface area contributed by atoms with Crippen molar-refractivity contribution in [3.63, 3.8) is 0 Å². The first kappa shape index (κ1) is 15.5. The van der Waals surface area contributed by atoms with Gasteiger partial charge in [0.1, 0.15) is 12.4 Å². The molecule has 0 unspecified atom stereocenters. The maximum atomic E-state index is 12.4. The van der Waals surface area contributed by atoms with Gasteiger partial charge in [-0.2, -0.15) is 15.3 Å². The molecule has 3 aromatic rings. The summed E-state index contributed by atoms with van der Waals surface area (Å²) >= 11 is 3.34. The molecule has 0 fully saturated rings. The van der Waals surface area contributed by atoms with Gasteiger partial charge in [0, 0.05) is 32.7 Å². The molecule has 8 nitrogen and oxygen atoms in total. The quantitative estimate of drug-likeness (QED) is 0.672. The second-order valence-corrected chi connectivity index (χ2v) is 6.14. The van der Waals surface area contributed by atoms with Crippen LogP contribution >= 0.6 is 15.9 Å². The zero-order chi connectivity index (χ0) is 16.4. The summed E-state index contributed by atoms with van der Waals surface area (Å²) in [5, 5.41) is 12.7. The number of carbonyl (C=O) groups excluding carboxylic acids is 1. The van der Waals surface area contributed by atoms with Crippen molar-refractivity contribution in [3.05, 3.63) is 52.8 Å². The number of aromatic nitrogens is 6. The number of hydrogen-bond donors (Lipinski definition) is 0. The maximum absolute atomic E-state index is 12.4. The summed E-state index contributed by atoms with van der Waals surface area (Å²) in [6, 6.07) is 3.59. The van der Waals surface area contributed by atoms with Gasteiger partial charge in [-0.15, -0.1) is 0 Å². The smallest absolute Gasteiger partial charge is 0.274 e. The molecule has 0 aliphatic heterocycles. The first-order valence-electron chi connectivity index (χ1n) is 6.96. The van der Waals surface area contributed by atoms with E-state index in [0.29, 0.717) is 18.9 Å². The Hall–Kier alpha value is -2.42. The fourth-order valence-corrected chi connectivity index (χ4v) is 2.50. The summed E-state index contributed by atoms with van der Waals surface area (Å²) in [6.45, 7) is 0.890. The topological polar surface area (TPSA) is 73.8 Å². The molecule has 0 aromatic carbocycles. The van der Waals surface area contributed by atoms with Crippen LogP contribution in [0.15, 0.2) is 41.4 Å². The van der Waals surface area contributed by atoms with Crippen LogP contribution < -0.4 is 0 Å². The highest BCUT2D eigenvalue weighted by molar-refractivity contribution is 9.10. The van der Waals surface area contributed by atoms with Crippen LogP contribution in [-0.2, 0) is 20.3 Å². The Morgan fingerprint density at radius 1 is 1.26 bits per heavy atom. The van der Waals surface area contributed by atoms with Crippen molar-refractivity contribution in [3.8, 4) is 0 Å². The van der Waals surface area contributed by atoms with E-state index in [0.717, 1.165) is 10.2 Å². The number of carbonyl (C=O) groups is 1. The third kappa shape index (κ3) is 3.67. The largest absolute Gasteiger partial charge is 0.334 e. The predicted molar refractivity (Wildman–Crippen MR) is 86.6 cm³/mol. The lowest BCUT2D eigenvalue weighted by Gasteiger charge is -2.14. The molecule has 3 heterocycles. The Balaban J connectivity index is 1.65. The van der Waals surface area contributed by atoms with Crippen molar-refractivity contribution >= 4 is 21.8 Å². The van der Waals surface area contributed by atoms with E-state index in [4.69, 9.17) is 0 Å². The van der Waals surface area contributed by atoms with Crippen LogP contribution in [-0.4, -0.2) is 47.2 Å². The molecule has 3 rings (SSSR count). The monoisotopic (exact) mass is 377 g/mol. The number of halogens is 1. The van der Waals surface area contributed by atoms with Crippen molar-refractivity contribution in [2.45, 2.75) is 13.2 Å². The fourth-order valence-electron chi connectivity index (χ4n) is 2.18. The molecule has 0 radical (unpaired) electrons. The molecule has 0 atom stereocenters. The van der Waals surface area contributed by atoms with E-state index in [1.807, 2.05) is 25.5 Å². The minimum absolute atomic E-state index is 0.143. The molecule has 0 saturated heterocycles. The van der Waals surface area contributed by atoms with Crippen LogP contribution in [0.5, 0.6) is 0 Å². The highest BCUT2D eigenvalue weighted by Crippen LogP contribution is 2.08. The summed E-state index contributed by atoms with van der Waals surface area (Å²) in [6.07, 6.45) is 7.16. The molecular weight excluding hydrogens is 362 g/mol. The molecule has 0 N–H and O–H groups in total. The number of rotatable bonds is 5. The standard InChI is InChI=1S/C14H16BrN7O/c1-19(9-12-3-5-20(2)17-12)14(23)13-4-6-21(18-13)10-22-8-11(15)7-16-22/h3-8H,9-10H2,1-2H3. The Kier molecular flexibility index (Phi) is 4.28. The van der Waals surface area contributed by atoms with Crippen LogP contribution in [0.2, 0.25) is 0 Å². The van der Waals surface area contributed by atoms with Crippen LogP contribution in [0.4, 0.5) is 0 Å². The van der Waals surface area contributed by atoms with Gasteiger partial charge in [0.2, 0.25) is 0 Å². The maximum Gasteiger partial charge on any atom is 0.274 e. The van der Waals surface area contributed by atoms with Gasteiger partial charge >= 0.3 is 0 Å². The van der Waals surface area contributed by atoms with Gasteiger partial charge in [-0.05, 0) is 28.1 Å². The highest BCUT2D eigenvalue weighted by atomic mass is 79.9. The van der Waals surface area contributed by atoms with Gasteiger partial charge in [-0.3, -0.25) is 14.2 Å². The van der Waals surface area contributed by atoms with Gasteiger partial charge in [0.05, 0.1) is 22.9 Å². The lowest BCUT2D eigenvalue weighted by Crippen LogP contribution is -2.27. The normalized spacial score (nSPS) is 10.9. The number of nitrogens with zero attached hydrogens (tertiary/aromatic N) is 7. The third-order valence-electron chi connectivity index (χ3n) is 3.27. The average Bonchev–Trinajstić information content (AvgIpc) is 3.22. The fraction of sp³-hybridized carbons (Fsp3) is 0.286. The summed E-state index contributed by atoms with van der Waals surface area (Å²) in [7, 11) is 3.58. The molecule has 23 heavy (non-hydrogen) atoms. The predicted octanol–water partition coefficient (Wildman–Crippen LogP) is 1.35. The SMILES string of the molecule is CN(Cc1ccn(C)n1)C(=O)c1ccn(Cn2cc(Br)cn2)n1. The molecule has 0 bridgehead atoms. The van der Waals surface area contributed by atoms with E-state index >= 15 is 0 Å². The molecule has 0 aliphatic carbocycles. The molecule has 0 aliphatic rings. The van der Waals surface area contributed by atoms with E-state index in [2.05, 4.69) is 31.2 Å². The van der Waals surface area contributed by atoms with Crippen LogP contribution in [0, 0.1) is 0 Å². The Labute approximate surface area is 141 Å². The Morgan fingerprint density at radius 2 is 2.09 bits per heavy atom. The average molecular weight is 378 g/mol. The molecular formula is C14H16BrN7O. The minimum Gasteiger partial charge on any atom is -0.334 e. The van der Waals surface area contributed by atoms with E-state index in [9.17, 15) is 4.79 Å². The van der Waals surface area contributed by atoms with Crippen LogP contribution in [0.25, 0.3) is 0 Å². The zero-order valence-corrected chi connectivity index (χ0v) is 14.4. The van der Waals surface area contributed by atoms with E-state index in [-0.39, 0.29) is 5.91 Å². The molecule has 3 aromatic heterocycles. The van der Waals surface area contributed by atoms with Gasteiger partial charge in [-0.1, -0.05) is 0 Å². The van der Waals surface area contributed by atoms with Crippen LogP contribution in [0.3, 0.4) is 0 Å². The van der Waals surface area contributed by atoms with Crippen molar-refractivity contribution < 1.29 is 4.79 Å². The molecule has 0 spiro atoms. The van der Waals surface area contributed by atoms with Gasteiger partial charge in [0.15, 0.2) is 0 Å². The summed E-state index contributed by atoms with van der Waals surface area (Å²) in [5.74, 6) is -0.143. The minimum atomic E-state index is -0.143. The van der Waals surface area contributed by atoms with E-state index < -0.39 is 0 Å². The summed E-state index contributed by atoms with van der Waals surface area (Å²) < 4.78 is 6.01. The molecule has 120 valence electrons. The first-order chi connectivity index (χ1) is 11.0. The van der Waals surface area contributed by atoms with Gasteiger partial charge in [0.25, 0.3) is 5.91 Å². The number of amides is 1. The first-order valence-corrected chi connectivity index (χ1v) is 7.76. The van der Waals surface area contributed by atoms with Crippen molar-refractivity contribution in [2.24, 2.45) is 7.05 Å². The van der Waals surface area contributed by atoms with Gasteiger partial charge in [-0.25, -0.2) is 4.68 Å². The van der Waals surface area contributed by atoms with Crippen molar-refractivity contribution in [1.82, 2.24) is 34.2 Å². The second kappa shape index (κ2) is 6.37. The third-order valence-corrected chi connectivity index (χ3v) is 3.68. The lowest BCUT2D eigenvalue weighted by atomic mass is 10.3. The molecule has 9 heteroatoms. The summed E-state index contributed by atoms with van der Waals surface area (Å²) in [4.78, 5) is 14.0. The number of hydrogen-bond acceptors (Lipinski definition) is 4. The Bertz CT molecular complexity index is 819. The lowest BCUT2D eigenvalue weighted by molar-refractivity contribution is 0.0776.